The van der Waals surface area contributed by atoms with Crippen molar-refractivity contribution in [3.8, 4) is 44.5 Å². The highest BCUT2D eigenvalue weighted by Gasteiger charge is 2.23. The monoisotopic (exact) mass is 789 g/mol. The van der Waals surface area contributed by atoms with Crippen LogP contribution in [0.5, 0.6) is 0 Å². The van der Waals surface area contributed by atoms with Crippen molar-refractivity contribution in [3.63, 3.8) is 0 Å². The first kappa shape index (κ1) is 35.7. The van der Waals surface area contributed by atoms with Crippen molar-refractivity contribution in [2.75, 3.05) is 4.90 Å². The van der Waals surface area contributed by atoms with Crippen LogP contribution >= 0.6 is 0 Å². The maximum Gasteiger partial charge on any atom is 0.145 e. The lowest BCUT2D eigenvalue weighted by atomic mass is 9.91. The summed E-state index contributed by atoms with van der Waals surface area (Å²) in [6.07, 6.45) is 0. The minimum absolute atomic E-state index is 0.864. The molecule has 0 fully saturated rings. The Balaban J connectivity index is 1.09. The molecule has 1 heterocycles. The fraction of sp³-hybridized carbons (Fsp3) is 0. The van der Waals surface area contributed by atoms with Crippen LogP contribution in [-0.2, 0) is 0 Å². The minimum atomic E-state index is 0.864. The lowest BCUT2D eigenvalue weighted by molar-refractivity contribution is 0.670. The highest BCUT2D eigenvalue weighted by atomic mass is 16.3. The van der Waals surface area contributed by atoms with Gasteiger partial charge in [-0.1, -0.05) is 188 Å². The van der Waals surface area contributed by atoms with Gasteiger partial charge in [0, 0.05) is 22.3 Å². The predicted octanol–water partition coefficient (Wildman–Crippen LogP) is 17.2. The van der Waals surface area contributed by atoms with Gasteiger partial charge in [-0.2, -0.15) is 0 Å². The first-order chi connectivity index (χ1) is 30.7. The molecule has 290 valence electrons. The van der Waals surface area contributed by atoms with Crippen LogP contribution in [-0.4, -0.2) is 0 Å². The van der Waals surface area contributed by atoms with E-state index in [-0.39, 0.29) is 0 Å². The largest absolute Gasteiger partial charge is 0.455 e. The molecule has 12 rings (SSSR count). The van der Waals surface area contributed by atoms with Crippen LogP contribution in [0.4, 0.5) is 17.1 Å². The van der Waals surface area contributed by atoms with E-state index in [9.17, 15) is 0 Å². The summed E-state index contributed by atoms with van der Waals surface area (Å²) in [5, 5.41) is 9.44. The lowest BCUT2D eigenvalue weighted by Crippen LogP contribution is -2.10. The third-order valence-corrected chi connectivity index (χ3v) is 12.5. The van der Waals surface area contributed by atoms with Crippen molar-refractivity contribution in [1.29, 1.82) is 0 Å². The van der Waals surface area contributed by atoms with Crippen molar-refractivity contribution < 1.29 is 4.42 Å². The minimum Gasteiger partial charge on any atom is -0.455 e. The van der Waals surface area contributed by atoms with Gasteiger partial charge in [0.2, 0.25) is 0 Å². The molecule has 0 spiro atoms. The summed E-state index contributed by atoms with van der Waals surface area (Å²) in [4.78, 5) is 2.42. The zero-order chi connectivity index (χ0) is 41.0. The van der Waals surface area contributed by atoms with Crippen LogP contribution in [0.3, 0.4) is 0 Å². The quantitative estimate of drug-likeness (QED) is 0.150. The van der Waals surface area contributed by atoms with E-state index >= 15 is 0 Å². The van der Waals surface area contributed by atoms with Gasteiger partial charge in [0.05, 0.1) is 11.1 Å². The van der Waals surface area contributed by atoms with Crippen LogP contribution < -0.4 is 4.90 Å². The number of para-hydroxylation sites is 1. The smallest absolute Gasteiger partial charge is 0.145 e. The van der Waals surface area contributed by atoms with Crippen molar-refractivity contribution >= 4 is 71.3 Å². The van der Waals surface area contributed by atoms with Gasteiger partial charge in [-0.25, -0.2) is 0 Å². The molecule has 0 N–H and O–H groups in total. The average Bonchev–Trinajstić information content (AvgIpc) is 3.75. The zero-order valence-corrected chi connectivity index (χ0v) is 33.9. The van der Waals surface area contributed by atoms with E-state index in [0.717, 1.165) is 55.7 Å². The van der Waals surface area contributed by atoms with Gasteiger partial charge < -0.3 is 9.32 Å². The molecule has 0 saturated heterocycles. The third kappa shape index (κ3) is 6.04. The Morgan fingerprint density at radius 3 is 1.65 bits per heavy atom. The maximum atomic E-state index is 6.93. The summed E-state index contributed by atoms with van der Waals surface area (Å²) in [7, 11) is 0. The summed E-state index contributed by atoms with van der Waals surface area (Å²) in [5.41, 5.74) is 14.3. The Hall–Kier alpha value is -8.20. The highest BCUT2D eigenvalue weighted by molar-refractivity contribution is 6.19. The van der Waals surface area contributed by atoms with E-state index in [1.165, 1.54) is 60.1 Å². The fourth-order valence-corrected chi connectivity index (χ4v) is 9.48. The number of furan rings is 1. The standard InChI is InChI=1S/C60H39NO/c1-3-14-40(15-4-1)46-31-35-51(41-16-5-2-6-17-41)55(38-46)45-28-32-47(33-29-45)61(48-34-30-44-27-26-43-19-8-10-22-50(43)56(44)39-48)57-37-36-53(52-24-13-20-42-18-7-9-21-49(42)52)60-59(57)54-23-11-12-25-58(54)62-60/h1-39H. The zero-order valence-electron chi connectivity index (χ0n) is 33.9. The van der Waals surface area contributed by atoms with E-state index in [4.69, 9.17) is 4.42 Å². The molecule has 0 unspecified atom stereocenters. The van der Waals surface area contributed by atoms with Gasteiger partial charge in [0.15, 0.2) is 0 Å². The summed E-state index contributed by atoms with van der Waals surface area (Å²) in [6, 6.07) is 85.4. The Kier molecular flexibility index (Phi) is 8.53. The van der Waals surface area contributed by atoms with Crippen LogP contribution in [0.1, 0.15) is 0 Å². The second kappa shape index (κ2) is 14.8. The molecule has 2 nitrogen and oxygen atoms in total. The van der Waals surface area contributed by atoms with Crippen molar-refractivity contribution in [2.24, 2.45) is 0 Å². The number of nitrogens with zero attached hydrogens (tertiary/aromatic N) is 1. The van der Waals surface area contributed by atoms with Crippen molar-refractivity contribution in [2.45, 2.75) is 0 Å². The van der Waals surface area contributed by atoms with E-state index in [2.05, 4.69) is 241 Å². The number of hydrogen-bond donors (Lipinski definition) is 0. The molecule has 0 saturated carbocycles. The second-order valence-electron chi connectivity index (χ2n) is 16.0. The molecule has 1 aromatic heterocycles. The molecule has 0 bridgehead atoms. The Morgan fingerprint density at radius 1 is 0.290 bits per heavy atom. The van der Waals surface area contributed by atoms with Crippen molar-refractivity contribution in [1.82, 2.24) is 0 Å². The molecule has 0 amide bonds. The van der Waals surface area contributed by atoms with Crippen molar-refractivity contribution in [3.05, 3.63) is 237 Å². The number of benzene rings is 11. The molecular formula is C60H39NO. The molecule has 11 aromatic carbocycles. The summed E-state index contributed by atoms with van der Waals surface area (Å²) < 4.78 is 6.93. The van der Waals surface area contributed by atoms with Gasteiger partial charge in [0.1, 0.15) is 11.2 Å². The second-order valence-corrected chi connectivity index (χ2v) is 16.0. The van der Waals surface area contributed by atoms with Crippen LogP contribution in [0.15, 0.2) is 241 Å². The normalized spacial score (nSPS) is 11.5. The predicted molar refractivity (Wildman–Crippen MR) is 263 cm³/mol. The third-order valence-electron chi connectivity index (χ3n) is 12.5. The van der Waals surface area contributed by atoms with Crippen LogP contribution in [0.25, 0.3) is 98.8 Å². The summed E-state index contributed by atoms with van der Waals surface area (Å²) in [5.74, 6) is 0. The molecular weight excluding hydrogens is 751 g/mol. The van der Waals surface area contributed by atoms with E-state index < -0.39 is 0 Å². The summed E-state index contributed by atoms with van der Waals surface area (Å²) >= 11 is 0. The number of fused-ring (bicyclic) bond motifs is 7. The highest BCUT2D eigenvalue weighted by Crippen LogP contribution is 2.48. The Bertz CT molecular complexity index is 3620. The molecule has 12 aromatic rings. The number of anilines is 3. The average molecular weight is 790 g/mol. The topological polar surface area (TPSA) is 16.4 Å². The van der Waals surface area contributed by atoms with Gasteiger partial charge in [0.25, 0.3) is 0 Å². The van der Waals surface area contributed by atoms with E-state index in [1.807, 2.05) is 0 Å². The van der Waals surface area contributed by atoms with Gasteiger partial charge in [-0.3, -0.25) is 0 Å². The summed E-state index contributed by atoms with van der Waals surface area (Å²) in [6.45, 7) is 0. The van der Waals surface area contributed by atoms with Gasteiger partial charge in [-0.05, 0) is 120 Å². The van der Waals surface area contributed by atoms with Crippen LogP contribution in [0.2, 0.25) is 0 Å². The molecule has 0 aliphatic carbocycles. The van der Waals surface area contributed by atoms with E-state index in [1.54, 1.807) is 0 Å². The first-order valence-corrected chi connectivity index (χ1v) is 21.2. The molecule has 62 heavy (non-hydrogen) atoms. The van der Waals surface area contributed by atoms with Crippen LogP contribution in [0, 0.1) is 0 Å². The molecule has 0 aliphatic rings. The fourth-order valence-electron chi connectivity index (χ4n) is 9.48. The number of hydrogen-bond acceptors (Lipinski definition) is 2. The molecule has 0 radical (unpaired) electrons. The Morgan fingerprint density at radius 2 is 0.855 bits per heavy atom. The van der Waals surface area contributed by atoms with E-state index in [0.29, 0.717) is 0 Å². The molecule has 0 atom stereocenters. The number of rotatable bonds is 7. The first-order valence-electron chi connectivity index (χ1n) is 21.2. The Labute approximate surface area is 360 Å². The van der Waals surface area contributed by atoms with Gasteiger partial charge in [-0.15, -0.1) is 0 Å². The van der Waals surface area contributed by atoms with Gasteiger partial charge >= 0.3 is 0 Å². The molecule has 0 aliphatic heterocycles. The molecule has 2 heteroatoms. The SMILES string of the molecule is c1ccc(-c2ccc(-c3ccccc3)c(-c3ccc(N(c4ccc5ccc6ccccc6c5c4)c4ccc(-c5cccc6ccccc56)c5oc6ccccc6c45)cc3)c2)cc1. The lowest BCUT2D eigenvalue weighted by Gasteiger charge is -2.27. The maximum absolute atomic E-state index is 6.93.